The van der Waals surface area contributed by atoms with Gasteiger partial charge in [-0.3, -0.25) is 15.0 Å². The summed E-state index contributed by atoms with van der Waals surface area (Å²) in [5.41, 5.74) is -0.754. The summed E-state index contributed by atoms with van der Waals surface area (Å²) >= 11 is 3.07. The van der Waals surface area contributed by atoms with Crippen LogP contribution in [0.4, 0.5) is 14.9 Å². The number of carbonyl (C=O) groups is 1. The third-order valence-electron chi connectivity index (χ3n) is 3.74. The number of amides is 1. The van der Waals surface area contributed by atoms with E-state index in [-0.39, 0.29) is 23.9 Å². The molecule has 8 nitrogen and oxygen atoms in total. The van der Waals surface area contributed by atoms with Gasteiger partial charge in [-0.2, -0.15) is 0 Å². The molecule has 27 heavy (non-hydrogen) atoms. The van der Waals surface area contributed by atoms with E-state index in [2.05, 4.69) is 15.9 Å². The first kappa shape index (κ1) is 23.3. The van der Waals surface area contributed by atoms with Gasteiger partial charge in [0.25, 0.3) is 5.69 Å². The van der Waals surface area contributed by atoms with E-state index in [0.29, 0.717) is 30.7 Å². The summed E-state index contributed by atoms with van der Waals surface area (Å²) in [5.74, 6) is -0.615. The van der Waals surface area contributed by atoms with Crippen LogP contribution in [0.1, 0.15) is 26.3 Å². The van der Waals surface area contributed by atoms with Gasteiger partial charge in [-0.1, -0.05) is 15.9 Å². The van der Waals surface area contributed by atoms with Crippen molar-refractivity contribution in [2.24, 2.45) is 0 Å². The number of nitro benzene ring substituents is 1. The van der Waals surface area contributed by atoms with E-state index < -0.39 is 16.3 Å². The number of halogens is 2. The Morgan fingerprint density at radius 3 is 2.33 bits per heavy atom. The van der Waals surface area contributed by atoms with Crippen LogP contribution < -0.4 is 0 Å². The minimum absolute atomic E-state index is 0.0546. The highest BCUT2D eigenvalue weighted by Gasteiger charge is 2.28. The smallest absolute Gasteiger partial charge is 0.410 e. The Kier molecular flexibility index (Phi) is 8.58. The molecule has 1 heterocycles. The number of benzene rings is 1. The molecule has 0 aromatic heterocycles. The van der Waals surface area contributed by atoms with Crippen molar-refractivity contribution in [2.75, 3.05) is 33.3 Å². The summed E-state index contributed by atoms with van der Waals surface area (Å²) in [5, 5.41) is 18.2. The van der Waals surface area contributed by atoms with Gasteiger partial charge in [-0.15, -0.1) is 0 Å². The Labute approximate surface area is 166 Å². The third kappa shape index (κ3) is 7.04. The second-order valence-corrected chi connectivity index (χ2v) is 7.80. The second kappa shape index (κ2) is 9.95. The number of ether oxygens (including phenoxy) is 1. The number of aliphatic hydroxyl groups excluding tert-OH is 1. The van der Waals surface area contributed by atoms with Gasteiger partial charge in [0.2, 0.25) is 0 Å². The van der Waals surface area contributed by atoms with E-state index in [1.807, 2.05) is 4.90 Å². The summed E-state index contributed by atoms with van der Waals surface area (Å²) in [6, 6.07) is 2.52. The predicted molar refractivity (Wildman–Crippen MR) is 102 cm³/mol. The Hall–Kier alpha value is -1.78. The summed E-state index contributed by atoms with van der Waals surface area (Å²) in [4.78, 5) is 26.1. The lowest BCUT2D eigenvalue weighted by atomic mass is 10.1. The van der Waals surface area contributed by atoms with E-state index in [9.17, 15) is 19.3 Å². The molecule has 1 fully saturated rings. The predicted octanol–water partition coefficient (Wildman–Crippen LogP) is 3.16. The zero-order chi connectivity index (χ0) is 20.8. The number of hydrogen-bond donors (Lipinski definition) is 1. The monoisotopic (exact) mass is 449 g/mol. The van der Waals surface area contributed by atoms with Gasteiger partial charge in [-0.25, -0.2) is 9.18 Å². The Balaban J connectivity index is 0.00000176. The number of rotatable bonds is 3. The normalized spacial score (nSPS) is 15.0. The van der Waals surface area contributed by atoms with Crippen LogP contribution in [0.3, 0.4) is 0 Å². The number of nitro groups is 1. The molecule has 1 saturated heterocycles. The molecule has 10 heteroatoms. The van der Waals surface area contributed by atoms with Crippen LogP contribution in [0.25, 0.3) is 0 Å². The first-order chi connectivity index (χ1) is 12.6. The van der Waals surface area contributed by atoms with Crippen molar-refractivity contribution in [1.29, 1.82) is 0 Å². The minimum atomic E-state index is -0.615. The molecule has 1 aromatic carbocycles. The summed E-state index contributed by atoms with van der Waals surface area (Å²) in [7, 11) is 1.00. The number of hydrogen-bond acceptors (Lipinski definition) is 6. The highest BCUT2D eigenvalue weighted by atomic mass is 79.9. The van der Waals surface area contributed by atoms with Crippen molar-refractivity contribution >= 4 is 27.7 Å². The fraction of sp³-hybridized carbons (Fsp3) is 0.588. The first-order valence-corrected chi connectivity index (χ1v) is 9.13. The highest BCUT2D eigenvalue weighted by Crippen LogP contribution is 2.28. The lowest BCUT2D eigenvalue weighted by Gasteiger charge is -2.35. The number of aliphatic hydroxyl groups is 1. The molecule has 0 aliphatic carbocycles. The van der Waals surface area contributed by atoms with E-state index >= 15 is 0 Å². The highest BCUT2D eigenvalue weighted by molar-refractivity contribution is 9.10. The summed E-state index contributed by atoms with van der Waals surface area (Å²) in [6.45, 7) is 7.38. The zero-order valence-corrected chi connectivity index (χ0v) is 17.5. The Bertz CT molecular complexity index is 673. The molecule has 1 N–H and O–H groups in total. The van der Waals surface area contributed by atoms with Crippen LogP contribution in [-0.2, 0) is 11.3 Å². The van der Waals surface area contributed by atoms with Gasteiger partial charge in [-0.05, 0) is 26.8 Å². The van der Waals surface area contributed by atoms with Crippen LogP contribution in [0.2, 0.25) is 0 Å². The van der Waals surface area contributed by atoms with E-state index in [0.717, 1.165) is 7.11 Å². The van der Waals surface area contributed by atoms with Crippen molar-refractivity contribution in [1.82, 2.24) is 9.80 Å². The van der Waals surface area contributed by atoms with Crippen LogP contribution in [0.15, 0.2) is 16.6 Å². The fourth-order valence-corrected chi connectivity index (χ4v) is 2.97. The van der Waals surface area contributed by atoms with E-state index in [4.69, 9.17) is 9.84 Å². The van der Waals surface area contributed by atoms with E-state index in [1.54, 1.807) is 25.7 Å². The van der Waals surface area contributed by atoms with Crippen molar-refractivity contribution in [3.8, 4) is 0 Å². The molecular weight excluding hydrogens is 425 g/mol. The lowest BCUT2D eigenvalue weighted by molar-refractivity contribution is -0.386. The Morgan fingerprint density at radius 2 is 1.85 bits per heavy atom. The average molecular weight is 450 g/mol. The maximum Gasteiger partial charge on any atom is 0.410 e. The molecule has 0 saturated carbocycles. The van der Waals surface area contributed by atoms with Crippen molar-refractivity contribution in [3.05, 3.63) is 38.1 Å². The largest absolute Gasteiger partial charge is 0.444 e. The van der Waals surface area contributed by atoms with Gasteiger partial charge in [0.15, 0.2) is 0 Å². The average Bonchev–Trinajstić information content (AvgIpc) is 2.57. The molecule has 1 aromatic rings. The molecule has 1 aliphatic heterocycles. The number of piperazine rings is 1. The molecule has 2 rings (SSSR count). The molecule has 0 bridgehead atoms. The van der Waals surface area contributed by atoms with Crippen LogP contribution in [-0.4, -0.2) is 64.8 Å². The zero-order valence-electron chi connectivity index (χ0n) is 15.9. The van der Waals surface area contributed by atoms with E-state index in [1.165, 1.54) is 12.1 Å². The molecule has 0 radical (unpaired) electrons. The molecule has 0 atom stereocenters. The molecule has 152 valence electrons. The third-order valence-corrected chi connectivity index (χ3v) is 4.20. The molecular formula is C17H25BrFN3O5. The summed E-state index contributed by atoms with van der Waals surface area (Å²) < 4.78 is 19.8. The maximum atomic E-state index is 14.2. The minimum Gasteiger partial charge on any atom is -0.444 e. The SMILES string of the molecule is CC(C)(C)OC(=O)N1CCN(Cc2c(F)cc(Br)cc2[N+](=O)[O-])CC1.CO. The Morgan fingerprint density at radius 1 is 1.30 bits per heavy atom. The molecule has 1 amide bonds. The standard InChI is InChI=1S/C16H21BrFN3O4.CH4O/c1-16(2,3)25-15(22)20-6-4-19(5-7-20)10-12-13(18)8-11(17)9-14(12)21(23)24;1-2/h8-9H,4-7,10H2,1-3H3;2H,1H3. The van der Waals surface area contributed by atoms with Crippen LogP contribution >= 0.6 is 15.9 Å². The fourth-order valence-electron chi connectivity index (χ4n) is 2.55. The van der Waals surface area contributed by atoms with Crippen LogP contribution in [0.5, 0.6) is 0 Å². The van der Waals surface area contributed by atoms with Gasteiger partial charge in [0, 0.05) is 50.4 Å². The molecule has 1 aliphatic rings. The summed E-state index contributed by atoms with van der Waals surface area (Å²) in [6.07, 6.45) is -0.382. The van der Waals surface area contributed by atoms with Crippen LogP contribution in [0, 0.1) is 15.9 Å². The quantitative estimate of drug-likeness (QED) is 0.562. The number of nitrogens with zero attached hydrogens (tertiary/aromatic N) is 3. The van der Waals surface area contributed by atoms with Crippen molar-refractivity contribution < 1.29 is 24.0 Å². The van der Waals surface area contributed by atoms with Crippen molar-refractivity contribution in [2.45, 2.75) is 32.9 Å². The lowest BCUT2D eigenvalue weighted by Crippen LogP contribution is -2.49. The maximum absolute atomic E-state index is 14.2. The topological polar surface area (TPSA) is 96.2 Å². The van der Waals surface area contributed by atoms with Gasteiger partial charge in [0.05, 0.1) is 10.5 Å². The molecule has 0 unspecified atom stereocenters. The molecule has 0 spiro atoms. The van der Waals surface area contributed by atoms with Gasteiger partial charge in [0.1, 0.15) is 11.4 Å². The van der Waals surface area contributed by atoms with Crippen molar-refractivity contribution in [3.63, 3.8) is 0 Å². The first-order valence-electron chi connectivity index (χ1n) is 8.34. The number of carbonyl (C=O) groups excluding carboxylic acids is 1. The van der Waals surface area contributed by atoms with Gasteiger partial charge >= 0.3 is 6.09 Å². The van der Waals surface area contributed by atoms with Gasteiger partial charge < -0.3 is 14.7 Å². The second-order valence-electron chi connectivity index (χ2n) is 6.89.